The van der Waals surface area contributed by atoms with Gasteiger partial charge in [-0.15, -0.1) is 0 Å². The number of halogens is 1. The fraction of sp³-hybridized carbons (Fsp3) is 0.0476. The summed E-state index contributed by atoms with van der Waals surface area (Å²) in [5.41, 5.74) is 1.79. The van der Waals surface area contributed by atoms with Crippen LogP contribution in [-0.4, -0.2) is 22.6 Å². The Labute approximate surface area is 166 Å². The number of nitrogens with zero attached hydrogens (tertiary/aromatic N) is 1. The van der Waals surface area contributed by atoms with Crippen LogP contribution in [0.5, 0.6) is 0 Å². The van der Waals surface area contributed by atoms with E-state index in [1.54, 1.807) is 54.6 Å². The van der Waals surface area contributed by atoms with Gasteiger partial charge >= 0.3 is 0 Å². The molecule has 1 aromatic heterocycles. The molecule has 0 aliphatic heterocycles. The summed E-state index contributed by atoms with van der Waals surface area (Å²) in [5, 5.41) is 5.86. The molecule has 0 fully saturated rings. The van der Waals surface area contributed by atoms with E-state index in [1.165, 1.54) is 19.1 Å². The molecule has 6 nitrogen and oxygen atoms in total. The molecule has 2 amide bonds. The lowest BCUT2D eigenvalue weighted by Gasteiger charge is -2.08. The fourth-order valence-corrected chi connectivity index (χ4v) is 2.62. The van der Waals surface area contributed by atoms with E-state index < -0.39 is 11.8 Å². The summed E-state index contributed by atoms with van der Waals surface area (Å²) >= 11 is 5.91. The SMILES string of the molecule is CC(=O)c1ccc(NC(=O)c2cccc(C(=O)Nc3cccc(Cl)c3)n2)cc1. The van der Waals surface area contributed by atoms with Crippen molar-refractivity contribution >= 4 is 40.6 Å². The highest BCUT2D eigenvalue weighted by atomic mass is 35.5. The Morgan fingerprint density at radius 3 is 1.93 bits per heavy atom. The van der Waals surface area contributed by atoms with Crippen molar-refractivity contribution in [1.82, 2.24) is 4.98 Å². The Kier molecular flexibility index (Phi) is 5.81. The number of pyridine rings is 1. The number of hydrogen-bond acceptors (Lipinski definition) is 4. The molecule has 0 unspecified atom stereocenters. The molecule has 3 rings (SSSR count). The van der Waals surface area contributed by atoms with E-state index in [4.69, 9.17) is 11.6 Å². The summed E-state index contributed by atoms with van der Waals surface area (Å²) < 4.78 is 0. The van der Waals surface area contributed by atoms with Crippen LogP contribution in [0, 0.1) is 0 Å². The first-order valence-corrected chi connectivity index (χ1v) is 8.76. The molecule has 2 N–H and O–H groups in total. The van der Waals surface area contributed by atoms with E-state index in [1.807, 2.05) is 0 Å². The summed E-state index contributed by atoms with van der Waals surface area (Å²) in [6.45, 7) is 1.47. The summed E-state index contributed by atoms with van der Waals surface area (Å²) in [6.07, 6.45) is 0. The van der Waals surface area contributed by atoms with Gasteiger partial charge < -0.3 is 10.6 Å². The van der Waals surface area contributed by atoms with Gasteiger partial charge in [0.05, 0.1) is 0 Å². The molecular formula is C21H16ClN3O3. The molecule has 28 heavy (non-hydrogen) atoms. The minimum Gasteiger partial charge on any atom is -0.321 e. The van der Waals surface area contributed by atoms with E-state index in [2.05, 4.69) is 15.6 Å². The maximum absolute atomic E-state index is 12.4. The van der Waals surface area contributed by atoms with Gasteiger partial charge in [0.25, 0.3) is 11.8 Å². The van der Waals surface area contributed by atoms with Crippen molar-refractivity contribution in [2.75, 3.05) is 10.6 Å². The van der Waals surface area contributed by atoms with Crippen LogP contribution < -0.4 is 10.6 Å². The van der Waals surface area contributed by atoms with Gasteiger partial charge in [0.15, 0.2) is 5.78 Å². The number of carbonyl (C=O) groups is 3. The third-order valence-electron chi connectivity index (χ3n) is 3.85. The molecule has 0 radical (unpaired) electrons. The molecule has 0 saturated heterocycles. The Bertz CT molecular complexity index is 1050. The predicted octanol–water partition coefficient (Wildman–Crippen LogP) is 4.44. The van der Waals surface area contributed by atoms with Crippen LogP contribution in [0.15, 0.2) is 66.7 Å². The number of carbonyl (C=O) groups excluding carboxylic acids is 3. The number of rotatable bonds is 5. The quantitative estimate of drug-likeness (QED) is 0.627. The molecule has 1 heterocycles. The fourth-order valence-electron chi connectivity index (χ4n) is 2.43. The van der Waals surface area contributed by atoms with Gasteiger partial charge in [-0.2, -0.15) is 0 Å². The zero-order valence-electron chi connectivity index (χ0n) is 14.9. The number of hydrogen-bond donors (Lipinski definition) is 2. The highest BCUT2D eigenvalue weighted by Crippen LogP contribution is 2.16. The van der Waals surface area contributed by atoms with Gasteiger partial charge in [0, 0.05) is 22.0 Å². The molecule has 7 heteroatoms. The first-order chi connectivity index (χ1) is 13.4. The van der Waals surface area contributed by atoms with Crippen molar-refractivity contribution in [2.24, 2.45) is 0 Å². The monoisotopic (exact) mass is 393 g/mol. The smallest absolute Gasteiger partial charge is 0.274 e. The highest BCUT2D eigenvalue weighted by Gasteiger charge is 2.13. The van der Waals surface area contributed by atoms with E-state index in [0.717, 1.165) is 0 Å². The molecule has 0 saturated carbocycles. The number of amides is 2. The molecule has 0 atom stereocenters. The van der Waals surface area contributed by atoms with Gasteiger partial charge in [-0.25, -0.2) is 4.98 Å². The highest BCUT2D eigenvalue weighted by molar-refractivity contribution is 6.31. The molecule has 0 aliphatic carbocycles. The number of Topliss-reactive ketones (excluding diaryl/α,β-unsaturated/α-hetero) is 1. The zero-order chi connectivity index (χ0) is 20.1. The zero-order valence-corrected chi connectivity index (χ0v) is 15.7. The Morgan fingerprint density at radius 2 is 1.36 bits per heavy atom. The lowest BCUT2D eigenvalue weighted by atomic mass is 10.1. The van der Waals surface area contributed by atoms with Gasteiger partial charge in [-0.1, -0.05) is 23.7 Å². The summed E-state index contributed by atoms with van der Waals surface area (Å²) in [4.78, 5) is 40.2. The Morgan fingerprint density at radius 1 is 0.786 bits per heavy atom. The maximum atomic E-state index is 12.4. The van der Waals surface area contributed by atoms with Crippen LogP contribution in [0.1, 0.15) is 38.3 Å². The second kappa shape index (κ2) is 8.45. The lowest BCUT2D eigenvalue weighted by Crippen LogP contribution is -2.18. The topological polar surface area (TPSA) is 88.2 Å². The summed E-state index contributed by atoms with van der Waals surface area (Å²) in [6, 6.07) is 17.8. The van der Waals surface area contributed by atoms with Crippen molar-refractivity contribution in [2.45, 2.75) is 6.92 Å². The summed E-state index contributed by atoms with van der Waals surface area (Å²) in [7, 11) is 0. The van der Waals surface area contributed by atoms with Crippen LogP contribution in [0.25, 0.3) is 0 Å². The van der Waals surface area contributed by atoms with Gasteiger partial charge in [0.1, 0.15) is 11.4 Å². The third-order valence-corrected chi connectivity index (χ3v) is 4.08. The largest absolute Gasteiger partial charge is 0.321 e. The van der Waals surface area contributed by atoms with Crippen molar-refractivity contribution in [3.63, 3.8) is 0 Å². The first kappa shape index (κ1) is 19.3. The van der Waals surface area contributed by atoms with E-state index >= 15 is 0 Å². The van der Waals surface area contributed by atoms with Crippen molar-refractivity contribution in [3.8, 4) is 0 Å². The van der Waals surface area contributed by atoms with E-state index in [-0.39, 0.29) is 17.2 Å². The third kappa shape index (κ3) is 4.81. The Hall–Kier alpha value is -3.51. The van der Waals surface area contributed by atoms with Crippen molar-refractivity contribution in [1.29, 1.82) is 0 Å². The number of benzene rings is 2. The predicted molar refractivity (Wildman–Crippen MR) is 108 cm³/mol. The number of aromatic nitrogens is 1. The second-order valence-electron chi connectivity index (χ2n) is 5.96. The van der Waals surface area contributed by atoms with Crippen LogP contribution in [0.3, 0.4) is 0 Å². The standard InChI is InChI=1S/C21H16ClN3O3/c1-13(26)14-8-10-16(11-9-14)23-20(27)18-6-3-7-19(25-18)21(28)24-17-5-2-4-15(22)12-17/h2-12H,1H3,(H,23,27)(H,24,28). The Balaban J connectivity index is 1.72. The molecular weight excluding hydrogens is 378 g/mol. The molecule has 0 aliphatic rings. The average Bonchev–Trinajstić information content (AvgIpc) is 2.68. The molecule has 2 aromatic carbocycles. The van der Waals surface area contributed by atoms with Gasteiger partial charge in [-0.05, 0) is 61.5 Å². The minimum atomic E-state index is -0.465. The van der Waals surface area contributed by atoms with Crippen molar-refractivity contribution in [3.05, 3.63) is 88.7 Å². The molecule has 3 aromatic rings. The lowest BCUT2D eigenvalue weighted by molar-refractivity contribution is 0.100. The normalized spacial score (nSPS) is 10.2. The van der Waals surface area contributed by atoms with Crippen LogP contribution in [-0.2, 0) is 0 Å². The number of ketones is 1. The van der Waals surface area contributed by atoms with Crippen molar-refractivity contribution < 1.29 is 14.4 Å². The van der Waals surface area contributed by atoms with Crippen LogP contribution in [0.2, 0.25) is 5.02 Å². The van der Waals surface area contributed by atoms with Crippen LogP contribution >= 0.6 is 11.6 Å². The summed E-state index contributed by atoms with van der Waals surface area (Å²) in [5.74, 6) is -0.978. The molecule has 0 spiro atoms. The van der Waals surface area contributed by atoms with Crippen LogP contribution in [0.4, 0.5) is 11.4 Å². The molecule has 0 bridgehead atoms. The second-order valence-corrected chi connectivity index (χ2v) is 6.40. The number of nitrogens with one attached hydrogen (secondary N) is 2. The van der Waals surface area contributed by atoms with E-state index in [9.17, 15) is 14.4 Å². The molecule has 140 valence electrons. The maximum Gasteiger partial charge on any atom is 0.274 e. The van der Waals surface area contributed by atoms with Gasteiger partial charge in [0.2, 0.25) is 0 Å². The van der Waals surface area contributed by atoms with E-state index in [0.29, 0.717) is 22.0 Å². The first-order valence-electron chi connectivity index (χ1n) is 8.39. The van der Waals surface area contributed by atoms with Gasteiger partial charge in [-0.3, -0.25) is 14.4 Å². The average molecular weight is 394 g/mol. The number of anilines is 2. The minimum absolute atomic E-state index is 0.0574.